The average molecular weight is 383 g/mol. The van der Waals surface area contributed by atoms with Crippen molar-refractivity contribution in [2.75, 3.05) is 25.5 Å². The van der Waals surface area contributed by atoms with Crippen molar-refractivity contribution in [1.29, 1.82) is 0 Å². The molecule has 1 heterocycles. The van der Waals surface area contributed by atoms with Gasteiger partial charge in [0.25, 0.3) is 5.91 Å². The molecule has 0 bridgehead atoms. The van der Waals surface area contributed by atoms with E-state index in [9.17, 15) is 4.79 Å². The minimum atomic E-state index is -0.00414. The lowest BCUT2D eigenvalue weighted by atomic mass is 10.2. The quantitative estimate of drug-likeness (QED) is 0.630. The largest absolute Gasteiger partial charge is 0.497 e. The molecule has 2 N–H and O–H groups in total. The lowest BCUT2D eigenvalue weighted by molar-refractivity contribution is -0.904. The maximum atomic E-state index is 12.4. The number of quaternary nitrogens is 1. The van der Waals surface area contributed by atoms with Crippen molar-refractivity contribution in [3.05, 3.63) is 65.7 Å². The third-order valence-electron chi connectivity index (χ3n) is 4.29. The Morgan fingerprint density at radius 1 is 1.15 bits per heavy atom. The molecule has 0 saturated heterocycles. The summed E-state index contributed by atoms with van der Waals surface area (Å²) in [6.45, 7) is 4.07. The van der Waals surface area contributed by atoms with E-state index in [2.05, 4.69) is 29.8 Å². The van der Waals surface area contributed by atoms with Crippen LogP contribution in [0.4, 0.5) is 5.69 Å². The van der Waals surface area contributed by atoms with Crippen LogP contribution in [-0.4, -0.2) is 31.1 Å². The number of carbonyl (C=O) groups is 1. The highest BCUT2D eigenvalue weighted by Gasteiger charge is 2.15. The first-order valence-corrected chi connectivity index (χ1v) is 9.83. The van der Waals surface area contributed by atoms with E-state index in [1.807, 2.05) is 42.5 Å². The maximum Gasteiger partial charge on any atom is 0.279 e. The normalized spacial score (nSPS) is 11.8. The Labute approximate surface area is 163 Å². The van der Waals surface area contributed by atoms with Crippen molar-refractivity contribution in [3.63, 3.8) is 0 Å². The molecule has 1 aromatic heterocycles. The Balaban J connectivity index is 1.57. The molecule has 1 amide bonds. The van der Waals surface area contributed by atoms with Gasteiger partial charge in [-0.3, -0.25) is 4.79 Å². The second kappa shape index (κ2) is 9.30. The van der Waals surface area contributed by atoms with Crippen molar-refractivity contribution < 1.29 is 14.4 Å². The molecule has 1 unspecified atom stereocenters. The second-order valence-electron chi connectivity index (χ2n) is 6.24. The van der Waals surface area contributed by atoms with Gasteiger partial charge >= 0.3 is 0 Å². The van der Waals surface area contributed by atoms with Crippen LogP contribution in [0.2, 0.25) is 0 Å². The van der Waals surface area contributed by atoms with Crippen LogP contribution in [0.5, 0.6) is 5.75 Å². The summed E-state index contributed by atoms with van der Waals surface area (Å²) in [5.41, 5.74) is 2.92. The fraction of sp³-hybridized carbons (Fsp3) is 0.238. The fourth-order valence-electron chi connectivity index (χ4n) is 2.78. The first-order valence-electron chi connectivity index (χ1n) is 8.95. The highest BCUT2D eigenvalue weighted by atomic mass is 32.1. The van der Waals surface area contributed by atoms with Gasteiger partial charge in [0.05, 0.1) is 13.7 Å². The summed E-state index contributed by atoms with van der Waals surface area (Å²) in [5.74, 6) is 0.766. The van der Waals surface area contributed by atoms with Crippen molar-refractivity contribution in [1.82, 2.24) is 4.98 Å². The van der Waals surface area contributed by atoms with Crippen molar-refractivity contribution in [2.24, 2.45) is 0 Å². The first-order chi connectivity index (χ1) is 13.2. The van der Waals surface area contributed by atoms with E-state index in [1.165, 1.54) is 4.90 Å². The minimum absolute atomic E-state index is 0.00414. The third kappa shape index (κ3) is 5.39. The monoisotopic (exact) mass is 382 g/mol. The van der Waals surface area contributed by atoms with E-state index < -0.39 is 0 Å². The molecule has 140 valence electrons. The summed E-state index contributed by atoms with van der Waals surface area (Å²) in [4.78, 5) is 18.3. The van der Waals surface area contributed by atoms with Crippen molar-refractivity contribution in [2.45, 2.75) is 13.5 Å². The summed E-state index contributed by atoms with van der Waals surface area (Å²) < 4.78 is 5.13. The average Bonchev–Trinajstić information content (AvgIpc) is 3.17. The van der Waals surface area contributed by atoms with Gasteiger partial charge < -0.3 is 15.0 Å². The standard InChI is InChI=1S/C21H23N3O2S/c1-3-24(14-20(25)22-17-9-11-19(26-2)12-10-17)13-18-15-27-21(23-18)16-7-5-4-6-8-16/h4-12,15H,3,13-14H2,1-2H3,(H,22,25)/p+1. The van der Waals surface area contributed by atoms with E-state index in [0.717, 1.165) is 40.8 Å². The number of amides is 1. The van der Waals surface area contributed by atoms with Gasteiger partial charge in [-0.05, 0) is 31.2 Å². The predicted octanol–water partition coefficient (Wildman–Crippen LogP) is 2.86. The number of ether oxygens (including phenoxy) is 1. The van der Waals surface area contributed by atoms with Crippen LogP contribution in [0.3, 0.4) is 0 Å². The van der Waals surface area contributed by atoms with Crippen LogP contribution in [0.1, 0.15) is 12.6 Å². The summed E-state index contributed by atoms with van der Waals surface area (Å²) in [7, 11) is 1.62. The smallest absolute Gasteiger partial charge is 0.279 e. The molecule has 0 spiro atoms. The number of thiazole rings is 1. The number of nitrogens with zero attached hydrogens (tertiary/aromatic N) is 1. The summed E-state index contributed by atoms with van der Waals surface area (Å²) in [6.07, 6.45) is 0. The summed E-state index contributed by atoms with van der Waals surface area (Å²) >= 11 is 1.64. The van der Waals surface area contributed by atoms with E-state index in [1.54, 1.807) is 18.4 Å². The molecular weight excluding hydrogens is 358 g/mol. The zero-order chi connectivity index (χ0) is 19.1. The lowest BCUT2D eigenvalue weighted by Gasteiger charge is -2.16. The van der Waals surface area contributed by atoms with Crippen LogP contribution in [0.15, 0.2) is 60.0 Å². The molecule has 2 aromatic carbocycles. The Morgan fingerprint density at radius 3 is 2.56 bits per heavy atom. The number of rotatable bonds is 8. The van der Waals surface area contributed by atoms with E-state index in [-0.39, 0.29) is 5.91 Å². The van der Waals surface area contributed by atoms with Gasteiger partial charge in [0.2, 0.25) is 0 Å². The van der Waals surface area contributed by atoms with Gasteiger partial charge in [0.15, 0.2) is 6.54 Å². The second-order valence-corrected chi connectivity index (χ2v) is 7.10. The van der Waals surface area contributed by atoms with Gasteiger partial charge in [-0.2, -0.15) is 0 Å². The Morgan fingerprint density at radius 2 is 1.89 bits per heavy atom. The van der Waals surface area contributed by atoms with Crippen molar-refractivity contribution >= 4 is 22.9 Å². The molecular formula is C21H24N3O2S+. The predicted molar refractivity (Wildman–Crippen MR) is 109 cm³/mol. The molecule has 27 heavy (non-hydrogen) atoms. The molecule has 3 rings (SSSR count). The van der Waals surface area contributed by atoms with Gasteiger partial charge in [-0.25, -0.2) is 4.98 Å². The number of carbonyl (C=O) groups excluding carboxylic acids is 1. The van der Waals surface area contributed by atoms with Gasteiger partial charge in [0, 0.05) is 16.6 Å². The van der Waals surface area contributed by atoms with E-state index in [0.29, 0.717) is 6.54 Å². The molecule has 3 aromatic rings. The maximum absolute atomic E-state index is 12.4. The Kier molecular flexibility index (Phi) is 6.57. The SMILES string of the molecule is CC[NH+](CC(=O)Nc1ccc(OC)cc1)Cc1csc(-c2ccccc2)n1. The van der Waals surface area contributed by atoms with Crippen LogP contribution in [0.25, 0.3) is 10.6 Å². The molecule has 0 fully saturated rings. The number of hydrogen-bond donors (Lipinski definition) is 2. The molecule has 6 heteroatoms. The number of methoxy groups -OCH3 is 1. The Hall–Kier alpha value is -2.70. The minimum Gasteiger partial charge on any atom is -0.497 e. The number of anilines is 1. The van der Waals surface area contributed by atoms with Gasteiger partial charge in [-0.15, -0.1) is 11.3 Å². The highest BCUT2D eigenvalue weighted by molar-refractivity contribution is 7.13. The van der Waals surface area contributed by atoms with E-state index >= 15 is 0 Å². The zero-order valence-corrected chi connectivity index (χ0v) is 16.4. The molecule has 1 atom stereocenters. The van der Waals surface area contributed by atoms with Crippen LogP contribution >= 0.6 is 11.3 Å². The molecule has 5 nitrogen and oxygen atoms in total. The van der Waals surface area contributed by atoms with Crippen molar-refractivity contribution in [3.8, 4) is 16.3 Å². The Bertz CT molecular complexity index is 863. The number of aromatic nitrogens is 1. The number of likely N-dealkylation sites (N-methyl/N-ethyl adjacent to an activating group) is 1. The number of benzene rings is 2. The molecule has 0 aliphatic heterocycles. The number of hydrogen-bond acceptors (Lipinski definition) is 4. The van der Waals surface area contributed by atoms with E-state index in [4.69, 9.17) is 9.72 Å². The topological polar surface area (TPSA) is 55.7 Å². The first kappa shape index (κ1) is 19.1. The molecule has 0 saturated carbocycles. The van der Waals surface area contributed by atoms with Crippen LogP contribution in [-0.2, 0) is 11.3 Å². The molecule has 0 aliphatic carbocycles. The lowest BCUT2D eigenvalue weighted by Crippen LogP contribution is -3.11. The third-order valence-corrected chi connectivity index (χ3v) is 5.23. The summed E-state index contributed by atoms with van der Waals surface area (Å²) in [5, 5.41) is 6.04. The van der Waals surface area contributed by atoms with Gasteiger partial charge in [-0.1, -0.05) is 30.3 Å². The highest BCUT2D eigenvalue weighted by Crippen LogP contribution is 2.22. The fourth-order valence-corrected chi connectivity index (χ4v) is 3.60. The summed E-state index contributed by atoms with van der Waals surface area (Å²) in [6, 6.07) is 17.5. The van der Waals surface area contributed by atoms with Crippen LogP contribution < -0.4 is 15.0 Å². The zero-order valence-electron chi connectivity index (χ0n) is 15.6. The van der Waals surface area contributed by atoms with Crippen LogP contribution in [0, 0.1) is 0 Å². The number of nitrogens with one attached hydrogen (secondary N) is 2. The molecule has 0 aliphatic rings. The molecule has 0 radical (unpaired) electrons. The van der Waals surface area contributed by atoms with Gasteiger partial charge in [0.1, 0.15) is 23.0 Å².